The van der Waals surface area contributed by atoms with Gasteiger partial charge in [-0.05, 0) is 30.6 Å². The van der Waals surface area contributed by atoms with E-state index in [0.29, 0.717) is 11.8 Å². The largest absolute Gasteiger partial charge is 0.481 e. The van der Waals surface area contributed by atoms with Crippen molar-refractivity contribution in [3.63, 3.8) is 0 Å². The van der Waals surface area contributed by atoms with Gasteiger partial charge in [-0.1, -0.05) is 46.0 Å². The molecule has 0 heterocycles. The molecule has 0 spiro atoms. The molecule has 0 amide bonds. The average molecular weight is 296 g/mol. The monoisotopic (exact) mass is 296 g/mol. The molecule has 2 rings (SSSR count). The summed E-state index contributed by atoms with van der Waals surface area (Å²) >= 11 is 0. The SMILES string of the molecule is CC(C)C(CC(=O)O)OC(=O)C1CCCC2CCCCC21. The fraction of sp³-hybridized carbons (Fsp3) is 0.882. The molecule has 2 saturated carbocycles. The van der Waals surface area contributed by atoms with Gasteiger partial charge in [0.15, 0.2) is 0 Å². The van der Waals surface area contributed by atoms with Gasteiger partial charge in [-0.3, -0.25) is 9.59 Å². The topological polar surface area (TPSA) is 63.6 Å². The number of carboxylic acids is 1. The fourth-order valence-electron chi connectivity index (χ4n) is 4.05. The van der Waals surface area contributed by atoms with Crippen molar-refractivity contribution in [3.8, 4) is 0 Å². The first-order valence-electron chi connectivity index (χ1n) is 8.41. The zero-order valence-electron chi connectivity index (χ0n) is 13.2. The Morgan fingerprint density at radius 3 is 2.43 bits per heavy atom. The normalized spacial score (nSPS) is 30.5. The number of esters is 1. The van der Waals surface area contributed by atoms with Crippen molar-refractivity contribution >= 4 is 11.9 Å². The minimum atomic E-state index is -0.902. The van der Waals surface area contributed by atoms with Gasteiger partial charge in [0.2, 0.25) is 0 Å². The maximum Gasteiger partial charge on any atom is 0.309 e. The lowest BCUT2D eigenvalue weighted by Crippen LogP contribution is -2.39. The Morgan fingerprint density at radius 1 is 1.10 bits per heavy atom. The Kier molecular flexibility index (Phi) is 5.65. The summed E-state index contributed by atoms with van der Waals surface area (Å²) in [4.78, 5) is 23.4. The van der Waals surface area contributed by atoms with Crippen molar-refractivity contribution in [1.82, 2.24) is 0 Å². The van der Waals surface area contributed by atoms with E-state index >= 15 is 0 Å². The Hall–Kier alpha value is -1.06. The molecule has 4 heteroatoms. The van der Waals surface area contributed by atoms with Crippen molar-refractivity contribution in [2.45, 2.75) is 71.3 Å². The van der Waals surface area contributed by atoms with Crippen LogP contribution in [0, 0.1) is 23.7 Å². The van der Waals surface area contributed by atoms with E-state index in [9.17, 15) is 9.59 Å². The van der Waals surface area contributed by atoms with Crippen molar-refractivity contribution < 1.29 is 19.4 Å². The number of carboxylic acid groups (broad SMARTS) is 1. The first-order valence-corrected chi connectivity index (χ1v) is 8.41. The Morgan fingerprint density at radius 2 is 1.76 bits per heavy atom. The summed E-state index contributed by atoms with van der Waals surface area (Å²) in [5, 5.41) is 8.95. The van der Waals surface area contributed by atoms with Gasteiger partial charge in [-0.2, -0.15) is 0 Å². The van der Waals surface area contributed by atoms with Gasteiger partial charge in [-0.15, -0.1) is 0 Å². The van der Waals surface area contributed by atoms with Gasteiger partial charge < -0.3 is 9.84 Å². The Labute approximate surface area is 127 Å². The quantitative estimate of drug-likeness (QED) is 0.787. The van der Waals surface area contributed by atoms with Gasteiger partial charge in [0.05, 0.1) is 12.3 Å². The van der Waals surface area contributed by atoms with Gasteiger partial charge in [-0.25, -0.2) is 0 Å². The Balaban J connectivity index is 1.98. The van der Waals surface area contributed by atoms with Crippen LogP contribution in [-0.4, -0.2) is 23.1 Å². The van der Waals surface area contributed by atoms with E-state index in [1.807, 2.05) is 13.8 Å². The molecule has 4 unspecified atom stereocenters. The van der Waals surface area contributed by atoms with Crippen LogP contribution in [0.1, 0.15) is 65.2 Å². The highest BCUT2D eigenvalue weighted by Crippen LogP contribution is 2.44. The fourth-order valence-corrected chi connectivity index (χ4v) is 4.05. The number of carbonyl (C=O) groups is 2. The first-order chi connectivity index (χ1) is 9.99. The second kappa shape index (κ2) is 7.28. The molecular formula is C17H28O4. The number of carbonyl (C=O) groups excluding carboxylic acids is 1. The van der Waals surface area contributed by atoms with E-state index in [-0.39, 0.29) is 24.2 Å². The maximum absolute atomic E-state index is 12.5. The summed E-state index contributed by atoms with van der Waals surface area (Å²) in [6.07, 6.45) is 7.56. The highest BCUT2D eigenvalue weighted by atomic mass is 16.5. The molecule has 0 saturated heterocycles. The standard InChI is InChI=1S/C17H28O4/c1-11(2)15(10-16(18)19)21-17(20)14-9-5-7-12-6-3-4-8-13(12)14/h11-15H,3-10H2,1-2H3,(H,18,19). The van der Waals surface area contributed by atoms with Crippen LogP contribution in [0.2, 0.25) is 0 Å². The predicted molar refractivity (Wildman–Crippen MR) is 79.8 cm³/mol. The molecule has 2 aliphatic rings. The average Bonchev–Trinajstić information content (AvgIpc) is 2.45. The van der Waals surface area contributed by atoms with Crippen molar-refractivity contribution in [1.29, 1.82) is 0 Å². The molecule has 0 aliphatic heterocycles. The van der Waals surface area contributed by atoms with E-state index in [1.165, 1.54) is 25.7 Å². The molecule has 0 aromatic rings. The molecule has 2 fully saturated rings. The summed E-state index contributed by atoms with van der Waals surface area (Å²) in [6, 6.07) is 0. The van der Waals surface area contributed by atoms with Crippen LogP contribution in [0.5, 0.6) is 0 Å². The van der Waals surface area contributed by atoms with E-state index in [1.54, 1.807) is 0 Å². The molecule has 120 valence electrons. The van der Waals surface area contributed by atoms with Crippen LogP contribution < -0.4 is 0 Å². The van der Waals surface area contributed by atoms with Crippen molar-refractivity contribution in [2.75, 3.05) is 0 Å². The molecule has 0 aromatic carbocycles. The molecular weight excluding hydrogens is 268 g/mol. The van der Waals surface area contributed by atoms with E-state index in [2.05, 4.69) is 0 Å². The lowest BCUT2D eigenvalue weighted by atomic mass is 9.65. The molecule has 2 aliphatic carbocycles. The summed E-state index contributed by atoms with van der Waals surface area (Å²) in [5.41, 5.74) is 0. The molecule has 1 N–H and O–H groups in total. The number of aliphatic carboxylic acids is 1. The summed E-state index contributed by atoms with van der Waals surface area (Å²) in [7, 11) is 0. The van der Waals surface area contributed by atoms with Crippen LogP contribution in [0.3, 0.4) is 0 Å². The van der Waals surface area contributed by atoms with E-state index < -0.39 is 12.1 Å². The van der Waals surface area contributed by atoms with Crippen LogP contribution >= 0.6 is 0 Å². The van der Waals surface area contributed by atoms with Gasteiger partial charge in [0, 0.05) is 0 Å². The predicted octanol–water partition coefficient (Wildman–Crippen LogP) is 3.64. The van der Waals surface area contributed by atoms with Gasteiger partial charge in [0.25, 0.3) is 0 Å². The number of hydrogen-bond acceptors (Lipinski definition) is 3. The minimum absolute atomic E-state index is 0.000838. The third-order valence-electron chi connectivity index (χ3n) is 5.26. The molecule has 21 heavy (non-hydrogen) atoms. The van der Waals surface area contributed by atoms with Gasteiger partial charge in [0.1, 0.15) is 6.10 Å². The summed E-state index contributed by atoms with van der Waals surface area (Å²) in [5.74, 6) is 0.141. The third-order valence-corrected chi connectivity index (χ3v) is 5.26. The van der Waals surface area contributed by atoms with Crippen LogP contribution in [0.25, 0.3) is 0 Å². The number of hydrogen-bond donors (Lipinski definition) is 1. The number of rotatable bonds is 5. The first kappa shape index (κ1) is 16.3. The molecule has 0 aromatic heterocycles. The lowest BCUT2D eigenvalue weighted by Gasteiger charge is -2.40. The highest BCUT2D eigenvalue weighted by molar-refractivity contribution is 5.74. The van der Waals surface area contributed by atoms with Gasteiger partial charge >= 0.3 is 11.9 Å². The second-order valence-electron chi connectivity index (χ2n) is 7.06. The van der Waals surface area contributed by atoms with E-state index in [4.69, 9.17) is 9.84 Å². The van der Waals surface area contributed by atoms with Crippen molar-refractivity contribution in [2.24, 2.45) is 23.7 Å². The third kappa shape index (κ3) is 4.21. The smallest absolute Gasteiger partial charge is 0.309 e. The highest BCUT2D eigenvalue weighted by Gasteiger charge is 2.40. The molecule has 0 radical (unpaired) electrons. The zero-order valence-corrected chi connectivity index (χ0v) is 13.2. The van der Waals surface area contributed by atoms with Crippen LogP contribution in [0.4, 0.5) is 0 Å². The summed E-state index contributed by atoms with van der Waals surface area (Å²) < 4.78 is 5.59. The van der Waals surface area contributed by atoms with Crippen LogP contribution in [0.15, 0.2) is 0 Å². The molecule has 4 atom stereocenters. The van der Waals surface area contributed by atoms with Crippen LogP contribution in [-0.2, 0) is 14.3 Å². The maximum atomic E-state index is 12.5. The summed E-state index contributed by atoms with van der Waals surface area (Å²) in [6.45, 7) is 3.82. The Bertz CT molecular complexity index is 375. The number of fused-ring (bicyclic) bond motifs is 1. The minimum Gasteiger partial charge on any atom is -0.481 e. The molecule has 0 bridgehead atoms. The lowest BCUT2D eigenvalue weighted by molar-refractivity contribution is -0.164. The second-order valence-corrected chi connectivity index (χ2v) is 7.06. The number of ether oxygens (including phenoxy) is 1. The molecule has 4 nitrogen and oxygen atoms in total. The zero-order chi connectivity index (χ0) is 15.4. The van der Waals surface area contributed by atoms with Crippen molar-refractivity contribution in [3.05, 3.63) is 0 Å². The van der Waals surface area contributed by atoms with E-state index in [0.717, 1.165) is 19.3 Å².